The fraction of sp³-hybridized carbons (Fsp3) is 0.455. The Kier molecular flexibility index (Phi) is 7.63. The van der Waals surface area contributed by atoms with Gasteiger partial charge in [-0.15, -0.1) is 0 Å². The Labute approximate surface area is 193 Å². The van der Waals surface area contributed by atoms with E-state index in [0.717, 1.165) is 0 Å². The largest absolute Gasteiger partial charge is 0.467 e. The molecule has 0 unspecified atom stereocenters. The fourth-order valence-electron chi connectivity index (χ4n) is 3.52. The molecule has 0 saturated carbocycles. The van der Waals surface area contributed by atoms with Gasteiger partial charge in [-0.1, -0.05) is 11.6 Å². The Bertz CT molecular complexity index is 1060. The van der Waals surface area contributed by atoms with Crippen molar-refractivity contribution in [1.82, 2.24) is 14.5 Å². The molecule has 174 valence electrons. The number of piperidine rings is 1. The maximum absolute atomic E-state index is 13.1. The molecule has 2 heterocycles. The number of amides is 2. The summed E-state index contributed by atoms with van der Waals surface area (Å²) in [6, 6.07) is 7.50. The number of halogens is 1. The van der Waals surface area contributed by atoms with Gasteiger partial charge in [-0.3, -0.25) is 9.59 Å². The number of likely N-dealkylation sites (tertiary alicyclic amines) is 1. The molecule has 1 N–H and O–H groups in total. The second kappa shape index (κ2) is 10.1. The minimum Gasteiger partial charge on any atom is -0.467 e. The number of benzene rings is 1. The lowest BCUT2D eigenvalue weighted by Gasteiger charge is -2.31. The molecule has 1 saturated heterocycles. The van der Waals surface area contributed by atoms with Gasteiger partial charge in [-0.2, -0.15) is 4.31 Å². The Balaban J connectivity index is 1.65. The van der Waals surface area contributed by atoms with Crippen molar-refractivity contribution in [3.05, 3.63) is 52.9 Å². The summed E-state index contributed by atoms with van der Waals surface area (Å²) in [6.45, 7) is 4.64. The summed E-state index contributed by atoms with van der Waals surface area (Å²) >= 11 is 6.24. The van der Waals surface area contributed by atoms with E-state index < -0.39 is 10.0 Å². The number of nitrogens with zero attached hydrogens (tertiary/aromatic N) is 2. The van der Waals surface area contributed by atoms with Gasteiger partial charge in [0.1, 0.15) is 5.76 Å². The van der Waals surface area contributed by atoms with Crippen molar-refractivity contribution >= 4 is 33.4 Å². The first-order valence-electron chi connectivity index (χ1n) is 10.5. The summed E-state index contributed by atoms with van der Waals surface area (Å²) in [7, 11) is -2.25. The zero-order valence-electron chi connectivity index (χ0n) is 18.4. The van der Waals surface area contributed by atoms with E-state index in [9.17, 15) is 18.0 Å². The second-order valence-corrected chi connectivity index (χ2v) is 10.5. The Morgan fingerprint density at radius 1 is 1.25 bits per heavy atom. The maximum Gasteiger partial charge on any atom is 0.255 e. The van der Waals surface area contributed by atoms with Gasteiger partial charge in [-0.25, -0.2) is 8.42 Å². The molecule has 1 aliphatic heterocycles. The molecule has 0 aliphatic carbocycles. The number of carbonyl (C=O) groups is 2. The summed E-state index contributed by atoms with van der Waals surface area (Å²) in [5.41, 5.74) is 0.144. The molecule has 1 aromatic heterocycles. The molecule has 0 spiro atoms. The maximum atomic E-state index is 13.1. The van der Waals surface area contributed by atoms with Gasteiger partial charge in [-0.05, 0) is 57.0 Å². The van der Waals surface area contributed by atoms with Gasteiger partial charge in [0.05, 0.1) is 28.3 Å². The highest BCUT2D eigenvalue weighted by atomic mass is 35.5. The first-order valence-corrected chi connectivity index (χ1v) is 12.3. The van der Waals surface area contributed by atoms with Gasteiger partial charge < -0.3 is 14.6 Å². The van der Waals surface area contributed by atoms with Crippen molar-refractivity contribution in [2.45, 2.75) is 44.2 Å². The number of nitrogens with one attached hydrogen (secondary N) is 1. The molecule has 8 nitrogen and oxygen atoms in total. The van der Waals surface area contributed by atoms with Gasteiger partial charge in [0.15, 0.2) is 0 Å². The van der Waals surface area contributed by atoms with E-state index in [4.69, 9.17) is 16.0 Å². The summed E-state index contributed by atoms with van der Waals surface area (Å²) in [5.74, 6) is 0.0690. The van der Waals surface area contributed by atoms with Gasteiger partial charge in [0.25, 0.3) is 5.91 Å². The standard InChI is InChI=1S/C22H28ClN3O5S/c1-15(2)25(3)32(29,30)18-6-7-20(23)19(13-18)22(28)26-10-8-16(9-11-26)21(27)24-14-17-5-4-12-31-17/h4-7,12-13,15-16H,8-11,14H2,1-3H3,(H,24,27). The van der Waals surface area contributed by atoms with Crippen molar-refractivity contribution in [2.24, 2.45) is 5.92 Å². The average Bonchev–Trinajstić information content (AvgIpc) is 3.30. The molecule has 0 atom stereocenters. The predicted molar refractivity (Wildman–Crippen MR) is 121 cm³/mol. The summed E-state index contributed by atoms with van der Waals surface area (Å²) in [4.78, 5) is 27.1. The highest BCUT2D eigenvalue weighted by Gasteiger charge is 2.30. The number of sulfonamides is 1. The van der Waals surface area contributed by atoms with E-state index in [1.807, 2.05) is 0 Å². The van der Waals surface area contributed by atoms with Crippen molar-refractivity contribution in [3.63, 3.8) is 0 Å². The van der Waals surface area contributed by atoms with Crippen LogP contribution in [0.15, 0.2) is 45.9 Å². The van der Waals surface area contributed by atoms with E-state index in [-0.39, 0.29) is 39.3 Å². The Morgan fingerprint density at radius 2 is 1.94 bits per heavy atom. The second-order valence-electron chi connectivity index (χ2n) is 8.12. The molecule has 0 bridgehead atoms. The third kappa shape index (κ3) is 5.33. The van der Waals surface area contributed by atoms with E-state index in [2.05, 4.69) is 5.32 Å². The lowest BCUT2D eigenvalue weighted by Crippen LogP contribution is -2.43. The lowest BCUT2D eigenvalue weighted by molar-refractivity contribution is -0.126. The molecule has 2 aromatic rings. The monoisotopic (exact) mass is 481 g/mol. The SMILES string of the molecule is CC(C)N(C)S(=O)(=O)c1ccc(Cl)c(C(=O)N2CCC(C(=O)NCc3ccco3)CC2)c1. The van der Waals surface area contributed by atoms with Gasteiger partial charge >= 0.3 is 0 Å². The van der Waals surface area contributed by atoms with Crippen LogP contribution in [0.1, 0.15) is 42.8 Å². The molecule has 0 radical (unpaired) electrons. The normalized spacial score (nSPS) is 15.4. The van der Waals surface area contributed by atoms with Crippen molar-refractivity contribution in [2.75, 3.05) is 20.1 Å². The zero-order chi connectivity index (χ0) is 23.5. The smallest absolute Gasteiger partial charge is 0.255 e. The van der Waals surface area contributed by atoms with Crippen LogP contribution in [0, 0.1) is 5.92 Å². The molecule has 1 aliphatic rings. The van der Waals surface area contributed by atoms with Crippen molar-refractivity contribution in [3.8, 4) is 0 Å². The third-order valence-electron chi connectivity index (χ3n) is 5.74. The number of carbonyl (C=O) groups excluding carboxylic acids is 2. The van der Waals surface area contributed by atoms with E-state index in [0.29, 0.717) is 38.2 Å². The topological polar surface area (TPSA) is 99.9 Å². The summed E-state index contributed by atoms with van der Waals surface area (Å²) in [5, 5.41) is 3.05. The molecule has 1 aromatic carbocycles. The Morgan fingerprint density at radius 3 is 2.53 bits per heavy atom. The molecular formula is C22H28ClN3O5S. The predicted octanol–water partition coefficient (Wildman–Crippen LogP) is 3.13. The molecule has 1 fully saturated rings. The average molecular weight is 482 g/mol. The highest BCUT2D eigenvalue weighted by molar-refractivity contribution is 7.89. The molecule has 32 heavy (non-hydrogen) atoms. The van der Waals surface area contributed by atoms with E-state index >= 15 is 0 Å². The van der Waals surface area contributed by atoms with Crippen LogP contribution in [0.2, 0.25) is 5.02 Å². The fourth-order valence-corrected chi connectivity index (χ4v) is 5.11. The zero-order valence-corrected chi connectivity index (χ0v) is 19.9. The molecule has 10 heteroatoms. The number of rotatable bonds is 7. The summed E-state index contributed by atoms with van der Waals surface area (Å²) in [6.07, 6.45) is 2.58. The number of hydrogen-bond donors (Lipinski definition) is 1. The van der Waals surface area contributed by atoms with Crippen molar-refractivity contribution < 1.29 is 22.4 Å². The Hall–Kier alpha value is -2.36. The van der Waals surface area contributed by atoms with Gasteiger partial charge in [0.2, 0.25) is 15.9 Å². The van der Waals surface area contributed by atoms with Crippen molar-refractivity contribution in [1.29, 1.82) is 0 Å². The molecule has 2 amide bonds. The van der Waals surface area contributed by atoms with Crippen LogP contribution < -0.4 is 5.32 Å². The van der Waals surface area contributed by atoms with Crippen LogP contribution in [-0.4, -0.2) is 55.6 Å². The van der Waals surface area contributed by atoms with Gasteiger partial charge in [0, 0.05) is 32.1 Å². The number of hydrogen-bond acceptors (Lipinski definition) is 5. The minimum absolute atomic E-state index is 0.0219. The van der Waals surface area contributed by atoms with Crippen LogP contribution >= 0.6 is 11.6 Å². The lowest BCUT2D eigenvalue weighted by atomic mass is 9.95. The quantitative estimate of drug-likeness (QED) is 0.654. The van der Waals surface area contributed by atoms with Crippen LogP contribution in [-0.2, 0) is 21.4 Å². The van der Waals surface area contributed by atoms with Crippen LogP contribution in [0.25, 0.3) is 0 Å². The van der Waals surface area contributed by atoms with E-state index in [1.165, 1.54) is 29.6 Å². The third-order valence-corrected chi connectivity index (χ3v) is 8.10. The van der Waals surface area contributed by atoms with Crippen LogP contribution in [0.5, 0.6) is 0 Å². The van der Waals surface area contributed by atoms with E-state index in [1.54, 1.807) is 37.1 Å². The highest BCUT2D eigenvalue weighted by Crippen LogP contribution is 2.26. The first kappa shape index (κ1) is 24.3. The van der Waals surface area contributed by atoms with Crippen LogP contribution in [0.4, 0.5) is 0 Å². The molecule has 3 rings (SSSR count). The minimum atomic E-state index is -3.74. The summed E-state index contributed by atoms with van der Waals surface area (Å²) < 4.78 is 32.1. The molecular weight excluding hydrogens is 454 g/mol. The first-order chi connectivity index (χ1) is 15.1. The number of furan rings is 1. The van der Waals surface area contributed by atoms with Crippen LogP contribution in [0.3, 0.4) is 0 Å².